The molecule has 2 fully saturated rings. The number of nitrogens with two attached hydrogens (primary N) is 1. The number of rotatable bonds is 3. The number of alkyl carbamates (subject to hydrolysis) is 1. The summed E-state index contributed by atoms with van der Waals surface area (Å²) in [6, 6.07) is 16.8. The Labute approximate surface area is 153 Å². The van der Waals surface area contributed by atoms with Gasteiger partial charge in [-0.3, -0.25) is 0 Å². The molecule has 3 aliphatic carbocycles. The highest BCUT2D eigenvalue weighted by Gasteiger charge is 2.51. The summed E-state index contributed by atoms with van der Waals surface area (Å²) in [5.74, 6) is 0.762. The summed E-state index contributed by atoms with van der Waals surface area (Å²) in [7, 11) is 0. The first-order valence-electron chi connectivity index (χ1n) is 9.55. The lowest BCUT2D eigenvalue weighted by atomic mass is 9.89. The molecule has 2 aromatic carbocycles. The molecule has 3 unspecified atom stereocenters. The quantitative estimate of drug-likeness (QED) is 0.887. The topological polar surface area (TPSA) is 64.3 Å². The van der Waals surface area contributed by atoms with Gasteiger partial charge >= 0.3 is 6.09 Å². The highest BCUT2D eigenvalue weighted by Crippen LogP contribution is 2.47. The van der Waals surface area contributed by atoms with E-state index in [4.69, 9.17) is 10.5 Å². The molecular weight excluding hydrogens is 324 g/mol. The van der Waals surface area contributed by atoms with Crippen LogP contribution in [0.2, 0.25) is 0 Å². The van der Waals surface area contributed by atoms with E-state index < -0.39 is 0 Å². The Bertz CT molecular complexity index is 819. The van der Waals surface area contributed by atoms with E-state index in [-0.39, 0.29) is 23.6 Å². The van der Waals surface area contributed by atoms with Crippen LogP contribution in [0.25, 0.3) is 11.1 Å². The van der Waals surface area contributed by atoms with Crippen LogP contribution in [0.1, 0.15) is 42.7 Å². The Morgan fingerprint density at radius 1 is 1.12 bits per heavy atom. The van der Waals surface area contributed by atoms with Gasteiger partial charge in [-0.2, -0.15) is 0 Å². The van der Waals surface area contributed by atoms with Crippen LogP contribution in [0.3, 0.4) is 0 Å². The van der Waals surface area contributed by atoms with Crippen molar-refractivity contribution in [2.75, 3.05) is 6.61 Å². The third-order valence-electron chi connectivity index (χ3n) is 6.64. The van der Waals surface area contributed by atoms with Crippen molar-refractivity contribution < 1.29 is 9.53 Å². The minimum atomic E-state index is -0.329. The van der Waals surface area contributed by atoms with Crippen molar-refractivity contribution in [3.8, 4) is 11.1 Å². The van der Waals surface area contributed by atoms with E-state index in [1.54, 1.807) is 0 Å². The summed E-state index contributed by atoms with van der Waals surface area (Å²) in [4.78, 5) is 12.5. The van der Waals surface area contributed by atoms with Crippen LogP contribution in [0.15, 0.2) is 48.5 Å². The number of amides is 1. The van der Waals surface area contributed by atoms with Gasteiger partial charge < -0.3 is 15.8 Å². The zero-order valence-corrected chi connectivity index (χ0v) is 14.8. The Morgan fingerprint density at radius 2 is 1.77 bits per heavy atom. The van der Waals surface area contributed by atoms with Gasteiger partial charge in [-0.15, -0.1) is 0 Å². The first-order valence-corrected chi connectivity index (χ1v) is 9.55. The Balaban J connectivity index is 1.32. The van der Waals surface area contributed by atoms with Crippen molar-refractivity contribution in [1.82, 2.24) is 5.32 Å². The van der Waals surface area contributed by atoms with E-state index in [1.807, 2.05) is 12.1 Å². The van der Waals surface area contributed by atoms with Crippen LogP contribution in [-0.4, -0.2) is 24.3 Å². The van der Waals surface area contributed by atoms with Crippen molar-refractivity contribution >= 4 is 6.09 Å². The fraction of sp³-hybridized carbons (Fsp3) is 0.409. The molecule has 0 heterocycles. The van der Waals surface area contributed by atoms with Crippen molar-refractivity contribution in [3.05, 3.63) is 59.7 Å². The maximum absolute atomic E-state index is 12.5. The van der Waals surface area contributed by atoms with Gasteiger partial charge in [0.2, 0.25) is 0 Å². The molecule has 134 valence electrons. The zero-order chi connectivity index (χ0) is 17.7. The molecule has 0 aromatic heterocycles. The summed E-state index contributed by atoms with van der Waals surface area (Å²) in [6.45, 7) is 0.356. The Morgan fingerprint density at radius 3 is 2.35 bits per heavy atom. The van der Waals surface area contributed by atoms with E-state index >= 15 is 0 Å². The molecule has 2 aromatic rings. The summed E-state index contributed by atoms with van der Waals surface area (Å²) < 4.78 is 5.69. The number of hydrogen-bond donors (Lipinski definition) is 2. The lowest BCUT2D eigenvalue weighted by molar-refractivity contribution is 0.127. The van der Waals surface area contributed by atoms with Gasteiger partial charge in [0.1, 0.15) is 6.61 Å². The maximum Gasteiger partial charge on any atom is 0.407 e. The molecule has 3 atom stereocenters. The van der Waals surface area contributed by atoms with Crippen LogP contribution < -0.4 is 11.1 Å². The second-order valence-corrected chi connectivity index (χ2v) is 8.06. The first kappa shape index (κ1) is 15.9. The number of benzene rings is 2. The van der Waals surface area contributed by atoms with Crippen molar-refractivity contribution in [3.63, 3.8) is 0 Å². The number of nitrogens with one attached hydrogen (secondary N) is 1. The molecule has 3 aliphatic rings. The molecule has 0 saturated heterocycles. The molecule has 2 bridgehead atoms. The molecular formula is C22H24N2O2. The van der Waals surface area contributed by atoms with E-state index in [9.17, 15) is 4.79 Å². The molecule has 0 aliphatic heterocycles. The Hall–Kier alpha value is -2.33. The highest BCUT2D eigenvalue weighted by molar-refractivity contribution is 5.79. The molecule has 0 spiro atoms. The molecule has 3 N–H and O–H groups in total. The number of ether oxygens (including phenoxy) is 1. The number of carbonyl (C=O) groups excluding carboxylic acids is 1. The maximum atomic E-state index is 12.5. The normalized spacial score (nSPS) is 28.7. The average Bonchev–Trinajstić information content (AvgIpc) is 3.29. The van der Waals surface area contributed by atoms with Crippen LogP contribution in [0.4, 0.5) is 4.79 Å². The smallest absolute Gasteiger partial charge is 0.407 e. The fourth-order valence-corrected chi connectivity index (χ4v) is 5.35. The predicted octanol–water partition coefficient (Wildman–Crippen LogP) is 3.80. The summed E-state index contributed by atoms with van der Waals surface area (Å²) in [5, 5.41) is 3.12. The number of fused-ring (bicyclic) bond motifs is 5. The van der Waals surface area contributed by atoms with Crippen molar-refractivity contribution in [1.29, 1.82) is 0 Å². The minimum absolute atomic E-state index is 0.0572. The second kappa shape index (κ2) is 5.85. The molecule has 4 heteroatoms. The fourth-order valence-electron chi connectivity index (χ4n) is 5.35. The average molecular weight is 348 g/mol. The van der Waals surface area contributed by atoms with E-state index in [0.717, 1.165) is 25.7 Å². The summed E-state index contributed by atoms with van der Waals surface area (Å²) in [5.41, 5.74) is 11.0. The first-order chi connectivity index (χ1) is 12.7. The van der Waals surface area contributed by atoms with Gasteiger partial charge in [0, 0.05) is 12.0 Å². The standard InChI is InChI=1S/C22H24N2O2/c23-20-11-14-9-10-22(20,12-14)24-21(25)26-13-19-17-7-3-1-5-15(17)16-6-2-4-8-18(16)19/h1-8,14,19-20H,9-13,23H2,(H,24,25). The molecule has 26 heavy (non-hydrogen) atoms. The van der Waals surface area contributed by atoms with Gasteiger partial charge in [0.05, 0.1) is 5.54 Å². The number of hydrogen-bond acceptors (Lipinski definition) is 3. The molecule has 5 rings (SSSR count). The third kappa shape index (κ3) is 2.36. The molecule has 1 amide bonds. The van der Waals surface area contributed by atoms with Crippen molar-refractivity contribution in [2.24, 2.45) is 11.7 Å². The molecule has 4 nitrogen and oxygen atoms in total. The number of carbonyl (C=O) groups is 1. The monoisotopic (exact) mass is 348 g/mol. The van der Waals surface area contributed by atoms with Gasteiger partial charge in [0.25, 0.3) is 0 Å². The zero-order valence-electron chi connectivity index (χ0n) is 14.8. The predicted molar refractivity (Wildman–Crippen MR) is 101 cm³/mol. The largest absolute Gasteiger partial charge is 0.449 e. The van der Waals surface area contributed by atoms with E-state index in [1.165, 1.54) is 22.3 Å². The SMILES string of the molecule is NC1CC2CCC1(NC(=O)OCC1c3ccccc3-c3ccccc31)C2. The molecule has 2 saturated carbocycles. The van der Waals surface area contributed by atoms with Crippen LogP contribution in [-0.2, 0) is 4.74 Å². The molecule has 0 radical (unpaired) electrons. The van der Waals surface area contributed by atoms with E-state index in [0.29, 0.717) is 12.5 Å². The van der Waals surface area contributed by atoms with Crippen LogP contribution >= 0.6 is 0 Å². The second-order valence-electron chi connectivity index (χ2n) is 8.06. The lowest BCUT2D eigenvalue weighted by Gasteiger charge is -2.33. The van der Waals surface area contributed by atoms with Crippen LogP contribution in [0, 0.1) is 5.92 Å². The Kier molecular flexibility index (Phi) is 3.57. The minimum Gasteiger partial charge on any atom is -0.449 e. The summed E-state index contributed by atoms with van der Waals surface area (Å²) in [6.07, 6.45) is 3.83. The highest BCUT2D eigenvalue weighted by atomic mass is 16.5. The summed E-state index contributed by atoms with van der Waals surface area (Å²) >= 11 is 0. The lowest BCUT2D eigenvalue weighted by Crippen LogP contribution is -2.56. The van der Waals surface area contributed by atoms with Crippen molar-refractivity contribution in [2.45, 2.75) is 43.2 Å². The van der Waals surface area contributed by atoms with Crippen LogP contribution in [0.5, 0.6) is 0 Å². The third-order valence-corrected chi connectivity index (χ3v) is 6.64. The van der Waals surface area contributed by atoms with E-state index in [2.05, 4.69) is 41.7 Å². The van der Waals surface area contributed by atoms with Gasteiger partial charge in [-0.25, -0.2) is 4.79 Å². The van der Waals surface area contributed by atoms with Gasteiger partial charge in [-0.05, 0) is 53.9 Å². The van der Waals surface area contributed by atoms with Gasteiger partial charge in [0.15, 0.2) is 0 Å². The van der Waals surface area contributed by atoms with Gasteiger partial charge in [-0.1, -0.05) is 48.5 Å².